The van der Waals surface area contributed by atoms with Crippen molar-refractivity contribution in [3.63, 3.8) is 0 Å². The Morgan fingerprint density at radius 1 is 1.07 bits per heavy atom. The van der Waals surface area contributed by atoms with Crippen molar-refractivity contribution in [3.05, 3.63) is 64.5 Å². The first-order valence-corrected chi connectivity index (χ1v) is 9.94. The maximum atomic E-state index is 10.9. The van der Waals surface area contributed by atoms with Gasteiger partial charge < -0.3 is 10.2 Å². The molecule has 0 bridgehead atoms. The van der Waals surface area contributed by atoms with Gasteiger partial charge in [0.15, 0.2) is 0 Å². The number of aliphatic hydroxyl groups is 1. The van der Waals surface area contributed by atoms with Gasteiger partial charge in [0.2, 0.25) is 0 Å². The highest BCUT2D eigenvalue weighted by Gasteiger charge is 2.22. The monoisotopic (exact) mass is 370 g/mol. The molecule has 2 N–H and O–H groups in total. The molecule has 0 unspecified atom stereocenters. The average molecular weight is 371 g/mol. The Kier molecular flexibility index (Phi) is 7.54. The van der Waals surface area contributed by atoms with E-state index in [0.29, 0.717) is 12.2 Å². The zero-order chi connectivity index (χ0) is 21.0. The van der Waals surface area contributed by atoms with Crippen molar-refractivity contribution in [2.45, 2.75) is 80.1 Å². The smallest absolute Gasteiger partial charge is 0.122 e. The van der Waals surface area contributed by atoms with Crippen molar-refractivity contribution >= 4 is 0 Å². The van der Waals surface area contributed by atoms with Crippen LogP contribution >= 0.6 is 0 Å². The molecule has 0 radical (unpaired) electrons. The van der Waals surface area contributed by atoms with E-state index in [0.717, 1.165) is 35.1 Å². The van der Waals surface area contributed by atoms with E-state index in [9.17, 15) is 10.2 Å². The van der Waals surface area contributed by atoms with Crippen LogP contribution in [0.1, 0.15) is 78.5 Å². The van der Waals surface area contributed by atoms with Gasteiger partial charge >= 0.3 is 0 Å². The molecule has 0 amide bonds. The Balaban J connectivity index is 3.52. The highest BCUT2D eigenvalue weighted by Crippen LogP contribution is 2.36. The summed E-state index contributed by atoms with van der Waals surface area (Å²) in [6.07, 6.45) is 6.02. The third-order valence-electron chi connectivity index (χ3n) is 4.58. The minimum absolute atomic E-state index is 0.138. The second-order valence-electron chi connectivity index (χ2n) is 9.51. The van der Waals surface area contributed by atoms with Gasteiger partial charge in [0.05, 0.1) is 0 Å². The molecule has 2 nitrogen and oxygen atoms in total. The van der Waals surface area contributed by atoms with Gasteiger partial charge in [-0.15, -0.1) is 0 Å². The summed E-state index contributed by atoms with van der Waals surface area (Å²) in [6, 6.07) is 4.15. The van der Waals surface area contributed by atoms with Gasteiger partial charge in [0.25, 0.3) is 0 Å². The molecule has 27 heavy (non-hydrogen) atoms. The van der Waals surface area contributed by atoms with Gasteiger partial charge in [-0.3, -0.25) is 0 Å². The van der Waals surface area contributed by atoms with Crippen LogP contribution < -0.4 is 0 Å². The number of hydrogen-bond donors (Lipinski definition) is 2. The quantitative estimate of drug-likeness (QED) is 0.411. The predicted molar refractivity (Wildman–Crippen MR) is 118 cm³/mol. The minimum Gasteiger partial charge on any atom is -0.508 e. The van der Waals surface area contributed by atoms with Crippen LogP contribution in [-0.2, 0) is 18.3 Å². The van der Waals surface area contributed by atoms with E-state index in [1.54, 1.807) is 0 Å². The van der Waals surface area contributed by atoms with Crippen molar-refractivity contribution in [3.8, 4) is 5.75 Å². The lowest BCUT2D eigenvalue weighted by molar-refractivity contribution is 0.398. The molecule has 150 valence electrons. The standard InChI is InChI=1S/C25H38O2/c1-10-17(3)12-19(22(26)16-24(4,5)6)15-20-13-18(11-2)14-21(23(20)27)25(7,8)9/h12-14,16,26-27H,3,10-11,15H2,1-2,4-9H3/b19-12-,22-16-. The van der Waals surface area contributed by atoms with Crippen LogP contribution in [0.15, 0.2) is 47.8 Å². The summed E-state index contributed by atoms with van der Waals surface area (Å²) in [5.74, 6) is 0.590. The molecule has 0 aromatic heterocycles. The number of aromatic hydroxyl groups is 1. The number of phenolic OH excluding ortho intramolecular Hbond substituents is 1. The van der Waals surface area contributed by atoms with E-state index in [1.807, 2.05) is 19.1 Å². The third kappa shape index (κ3) is 6.93. The topological polar surface area (TPSA) is 40.5 Å². The number of rotatable bonds is 6. The van der Waals surface area contributed by atoms with Gasteiger partial charge in [-0.1, -0.05) is 85.8 Å². The molecule has 0 saturated heterocycles. The number of phenols is 1. The van der Waals surface area contributed by atoms with E-state index in [-0.39, 0.29) is 16.6 Å². The van der Waals surface area contributed by atoms with E-state index < -0.39 is 0 Å². The van der Waals surface area contributed by atoms with Crippen LogP contribution in [0.4, 0.5) is 0 Å². The van der Waals surface area contributed by atoms with Crippen LogP contribution in [0.2, 0.25) is 0 Å². The zero-order valence-corrected chi connectivity index (χ0v) is 18.5. The lowest BCUT2D eigenvalue weighted by Crippen LogP contribution is -2.13. The largest absolute Gasteiger partial charge is 0.508 e. The summed E-state index contributed by atoms with van der Waals surface area (Å²) in [7, 11) is 0. The summed E-state index contributed by atoms with van der Waals surface area (Å²) in [5.41, 5.74) is 4.46. The molecule has 0 fully saturated rings. The molecule has 0 aliphatic rings. The zero-order valence-electron chi connectivity index (χ0n) is 18.5. The summed E-state index contributed by atoms with van der Waals surface area (Å²) < 4.78 is 0. The Hall–Kier alpha value is -1.96. The molecular formula is C25H38O2. The molecule has 0 spiro atoms. The lowest BCUT2D eigenvalue weighted by atomic mass is 9.82. The third-order valence-corrected chi connectivity index (χ3v) is 4.58. The summed E-state index contributed by atoms with van der Waals surface area (Å²) in [5, 5.41) is 21.7. The fraction of sp³-hybridized carbons (Fsp3) is 0.520. The Morgan fingerprint density at radius 3 is 2.11 bits per heavy atom. The molecule has 0 aliphatic carbocycles. The van der Waals surface area contributed by atoms with Gasteiger partial charge in [0, 0.05) is 6.42 Å². The SMILES string of the molecule is C=C(/C=C(Cc1cc(CC)cc(C(C)(C)C)c1O)\C(O)=C\C(C)(C)C)CC. The Morgan fingerprint density at radius 2 is 1.67 bits per heavy atom. The Bertz CT molecular complexity index is 735. The molecule has 0 atom stereocenters. The van der Waals surface area contributed by atoms with Gasteiger partial charge in [-0.25, -0.2) is 0 Å². The number of aliphatic hydroxyl groups excluding tert-OH is 1. The molecule has 0 heterocycles. The average Bonchev–Trinajstić information content (AvgIpc) is 2.52. The maximum absolute atomic E-state index is 10.9. The number of benzene rings is 1. The number of hydrogen-bond acceptors (Lipinski definition) is 2. The molecule has 0 saturated carbocycles. The second-order valence-corrected chi connectivity index (χ2v) is 9.51. The summed E-state index contributed by atoms with van der Waals surface area (Å²) in [4.78, 5) is 0. The van der Waals surface area contributed by atoms with Crippen molar-refractivity contribution < 1.29 is 10.2 Å². The summed E-state index contributed by atoms with van der Waals surface area (Å²) >= 11 is 0. The predicted octanol–water partition coefficient (Wildman–Crippen LogP) is 7.18. The highest BCUT2D eigenvalue weighted by molar-refractivity contribution is 5.50. The van der Waals surface area contributed by atoms with Crippen LogP contribution in [-0.4, -0.2) is 10.2 Å². The molecule has 1 rings (SSSR count). The fourth-order valence-corrected chi connectivity index (χ4v) is 2.94. The van der Waals surface area contributed by atoms with E-state index >= 15 is 0 Å². The highest BCUT2D eigenvalue weighted by atomic mass is 16.3. The number of allylic oxidation sites excluding steroid dienone is 4. The van der Waals surface area contributed by atoms with Crippen LogP contribution in [0.3, 0.4) is 0 Å². The van der Waals surface area contributed by atoms with Gasteiger partial charge in [-0.05, 0) is 52.0 Å². The normalized spacial score (nSPS) is 13.8. The van der Waals surface area contributed by atoms with E-state index in [4.69, 9.17) is 0 Å². The van der Waals surface area contributed by atoms with Crippen LogP contribution in [0.25, 0.3) is 0 Å². The van der Waals surface area contributed by atoms with Crippen molar-refractivity contribution in [2.75, 3.05) is 0 Å². The summed E-state index contributed by atoms with van der Waals surface area (Å²) in [6.45, 7) is 20.7. The molecule has 0 aliphatic heterocycles. The Labute approximate surface area is 166 Å². The minimum atomic E-state index is -0.149. The molecule has 1 aromatic rings. The van der Waals surface area contributed by atoms with Gasteiger partial charge in [-0.2, -0.15) is 0 Å². The first kappa shape index (κ1) is 23.1. The van der Waals surface area contributed by atoms with E-state index in [2.05, 4.69) is 67.2 Å². The van der Waals surface area contributed by atoms with Crippen LogP contribution in [0, 0.1) is 5.41 Å². The van der Waals surface area contributed by atoms with E-state index in [1.165, 1.54) is 5.56 Å². The second kappa shape index (κ2) is 8.82. The lowest BCUT2D eigenvalue weighted by Gasteiger charge is -2.24. The number of aryl methyl sites for hydroxylation is 1. The van der Waals surface area contributed by atoms with Crippen LogP contribution in [0.5, 0.6) is 5.75 Å². The first-order valence-electron chi connectivity index (χ1n) is 9.94. The van der Waals surface area contributed by atoms with Crippen molar-refractivity contribution in [1.82, 2.24) is 0 Å². The maximum Gasteiger partial charge on any atom is 0.122 e. The van der Waals surface area contributed by atoms with Crippen molar-refractivity contribution in [2.24, 2.45) is 5.41 Å². The molecule has 1 aromatic carbocycles. The van der Waals surface area contributed by atoms with Gasteiger partial charge in [0.1, 0.15) is 11.5 Å². The first-order chi connectivity index (χ1) is 12.3. The fourth-order valence-electron chi connectivity index (χ4n) is 2.94. The van der Waals surface area contributed by atoms with Crippen molar-refractivity contribution in [1.29, 1.82) is 0 Å². The molecular weight excluding hydrogens is 332 g/mol. The molecule has 2 heteroatoms.